The molecule has 0 spiro atoms. The summed E-state index contributed by atoms with van der Waals surface area (Å²) in [6, 6.07) is 4.30. The van der Waals surface area contributed by atoms with E-state index >= 15 is 0 Å². The molecule has 0 saturated heterocycles. The molecular weight excluding hydrogens is 390 g/mol. The molecule has 2 aliphatic carbocycles. The predicted molar refractivity (Wildman–Crippen MR) is 137 cm³/mol. The topological polar surface area (TPSA) is 22.1 Å². The molecular formula is C30H51NO. The molecule has 3 rings (SSSR count). The van der Waals surface area contributed by atoms with E-state index in [1.165, 1.54) is 108 Å². The fourth-order valence-corrected chi connectivity index (χ4v) is 6.21. The summed E-state index contributed by atoms with van der Waals surface area (Å²) in [5, 5.41) is 0. The smallest absolute Gasteiger partial charge is 0.137 e. The number of unbranched alkanes of at least 4 members (excludes halogenated alkanes) is 3. The maximum Gasteiger partial charge on any atom is 0.137 e. The predicted octanol–water partition coefficient (Wildman–Crippen LogP) is 9.17. The van der Waals surface area contributed by atoms with Crippen molar-refractivity contribution in [2.24, 2.45) is 23.7 Å². The average Bonchev–Trinajstić information content (AvgIpc) is 2.84. The lowest BCUT2D eigenvalue weighted by Gasteiger charge is -2.32. The minimum absolute atomic E-state index is 0.824. The van der Waals surface area contributed by atoms with Crippen LogP contribution in [0, 0.1) is 23.7 Å². The van der Waals surface area contributed by atoms with E-state index in [0.717, 1.165) is 48.9 Å². The number of hydrogen-bond acceptors (Lipinski definition) is 2. The van der Waals surface area contributed by atoms with Gasteiger partial charge in [0.05, 0.1) is 12.8 Å². The van der Waals surface area contributed by atoms with E-state index in [9.17, 15) is 0 Å². The second-order valence-electron chi connectivity index (χ2n) is 11.1. The Morgan fingerprint density at radius 2 is 1.28 bits per heavy atom. The van der Waals surface area contributed by atoms with Gasteiger partial charge in [-0.1, -0.05) is 110 Å². The van der Waals surface area contributed by atoms with Gasteiger partial charge in [-0.05, 0) is 55.1 Å². The number of pyridine rings is 1. The first-order valence-electron chi connectivity index (χ1n) is 14.3. The van der Waals surface area contributed by atoms with Gasteiger partial charge in [-0.3, -0.25) is 4.98 Å². The first kappa shape index (κ1) is 25.6. The Hall–Kier alpha value is -1.05. The van der Waals surface area contributed by atoms with Gasteiger partial charge in [0.2, 0.25) is 0 Å². The lowest BCUT2D eigenvalue weighted by Crippen LogP contribution is -2.18. The zero-order chi connectivity index (χ0) is 22.4. The third-order valence-electron chi connectivity index (χ3n) is 8.49. The fraction of sp³-hybridized carbons (Fsp3) is 0.833. The molecule has 2 aliphatic rings. The van der Waals surface area contributed by atoms with Gasteiger partial charge in [0.1, 0.15) is 5.75 Å². The van der Waals surface area contributed by atoms with Gasteiger partial charge in [-0.25, -0.2) is 0 Å². The van der Waals surface area contributed by atoms with Crippen molar-refractivity contribution < 1.29 is 4.74 Å². The molecule has 0 aliphatic heterocycles. The van der Waals surface area contributed by atoms with Crippen LogP contribution in [0.2, 0.25) is 0 Å². The van der Waals surface area contributed by atoms with Crippen molar-refractivity contribution >= 4 is 0 Å². The van der Waals surface area contributed by atoms with E-state index in [1.54, 1.807) is 0 Å². The van der Waals surface area contributed by atoms with Gasteiger partial charge in [0.25, 0.3) is 0 Å². The lowest BCUT2D eigenvalue weighted by molar-refractivity contribution is 0.209. The molecule has 0 N–H and O–H groups in total. The summed E-state index contributed by atoms with van der Waals surface area (Å²) in [5.41, 5.74) is 1.24. The highest BCUT2D eigenvalue weighted by Gasteiger charge is 2.24. The molecule has 1 heterocycles. The van der Waals surface area contributed by atoms with E-state index in [2.05, 4.69) is 31.0 Å². The van der Waals surface area contributed by atoms with Gasteiger partial charge < -0.3 is 4.74 Å². The molecule has 0 unspecified atom stereocenters. The summed E-state index contributed by atoms with van der Waals surface area (Å²) in [5.74, 6) is 4.98. The van der Waals surface area contributed by atoms with Crippen LogP contribution in [0.3, 0.4) is 0 Å². The Kier molecular flexibility index (Phi) is 12.0. The van der Waals surface area contributed by atoms with Gasteiger partial charge in [0, 0.05) is 5.69 Å². The third-order valence-corrected chi connectivity index (χ3v) is 8.49. The molecule has 0 aromatic carbocycles. The minimum atomic E-state index is 0.824. The zero-order valence-electron chi connectivity index (χ0n) is 21.3. The second-order valence-corrected chi connectivity index (χ2v) is 11.1. The maximum absolute atomic E-state index is 5.83. The Morgan fingerprint density at radius 3 is 1.81 bits per heavy atom. The molecule has 2 nitrogen and oxygen atoms in total. The normalized spacial score (nSPS) is 26.2. The molecule has 0 amide bonds. The Labute approximate surface area is 199 Å². The number of aromatic nitrogens is 1. The molecule has 2 saturated carbocycles. The fourth-order valence-electron chi connectivity index (χ4n) is 6.21. The summed E-state index contributed by atoms with van der Waals surface area (Å²) in [6.45, 7) is 5.42. The van der Waals surface area contributed by atoms with Gasteiger partial charge in [-0.15, -0.1) is 0 Å². The number of aryl methyl sites for hydroxylation is 1. The van der Waals surface area contributed by atoms with Crippen LogP contribution in [-0.4, -0.2) is 11.6 Å². The molecule has 182 valence electrons. The van der Waals surface area contributed by atoms with Crippen LogP contribution >= 0.6 is 0 Å². The van der Waals surface area contributed by atoms with Crippen molar-refractivity contribution in [1.82, 2.24) is 4.98 Å². The van der Waals surface area contributed by atoms with Crippen molar-refractivity contribution in [3.8, 4) is 5.75 Å². The van der Waals surface area contributed by atoms with Crippen molar-refractivity contribution in [1.29, 1.82) is 0 Å². The first-order valence-corrected chi connectivity index (χ1v) is 14.3. The summed E-state index contributed by atoms with van der Waals surface area (Å²) in [4.78, 5) is 4.67. The quantitative estimate of drug-likeness (QED) is 0.268. The standard InChI is InChI=1S/C30H51NO/c1-3-5-6-7-23-32-30-22-21-29(31-24-30)20-19-28-17-15-27(16-18-28)14-13-26-11-9-25(8-4-2)10-12-26/h21-22,24-28H,3-20,23H2,1-2H3. The molecule has 1 aromatic heterocycles. The number of nitrogens with zero attached hydrogens (tertiary/aromatic N) is 1. The van der Waals surface area contributed by atoms with Crippen LogP contribution in [0.15, 0.2) is 18.3 Å². The Balaban J connectivity index is 1.24. The van der Waals surface area contributed by atoms with Crippen LogP contribution in [0.1, 0.15) is 129 Å². The SMILES string of the molecule is CCCCCCOc1ccc(CCC2CCC(CCC3CCC(CCC)CC3)CC2)nc1. The monoisotopic (exact) mass is 441 g/mol. The van der Waals surface area contributed by atoms with Crippen molar-refractivity contribution in [2.75, 3.05) is 6.61 Å². The molecule has 32 heavy (non-hydrogen) atoms. The van der Waals surface area contributed by atoms with E-state index in [-0.39, 0.29) is 0 Å². The molecule has 2 fully saturated rings. The van der Waals surface area contributed by atoms with Crippen molar-refractivity contribution in [2.45, 2.75) is 129 Å². The van der Waals surface area contributed by atoms with E-state index in [4.69, 9.17) is 4.74 Å². The van der Waals surface area contributed by atoms with Crippen LogP contribution in [0.4, 0.5) is 0 Å². The molecule has 2 heteroatoms. The van der Waals surface area contributed by atoms with Crippen LogP contribution in [0.25, 0.3) is 0 Å². The maximum atomic E-state index is 5.83. The van der Waals surface area contributed by atoms with Gasteiger partial charge in [0.15, 0.2) is 0 Å². The number of rotatable bonds is 14. The number of hydrogen-bond donors (Lipinski definition) is 0. The highest BCUT2D eigenvalue weighted by atomic mass is 16.5. The summed E-state index contributed by atoms with van der Waals surface area (Å²) in [7, 11) is 0. The Bertz CT molecular complexity index is 581. The summed E-state index contributed by atoms with van der Waals surface area (Å²) >= 11 is 0. The zero-order valence-corrected chi connectivity index (χ0v) is 21.3. The molecule has 0 atom stereocenters. The summed E-state index contributed by atoms with van der Waals surface area (Å²) in [6.07, 6.45) is 27.2. The molecule has 1 aromatic rings. The van der Waals surface area contributed by atoms with Gasteiger partial charge >= 0.3 is 0 Å². The lowest BCUT2D eigenvalue weighted by atomic mass is 9.74. The van der Waals surface area contributed by atoms with Crippen molar-refractivity contribution in [3.05, 3.63) is 24.0 Å². The first-order chi connectivity index (χ1) is 15.8. The largest absolute Gasteiger partial charge is 0.492 e. The third kappa shape index (κ3) is 9.44. The minimum Gasteiger partial charge on any atom is -0.492 e. The average molecular weight is 442 g/mol. The van der Waals surface area contributed by atoms with Crippen LogP contribution in [0.5, 0.6) is 5.75 Å². The van der Waals surface area contributed by atoms with Crippen LogP contribution in [-0.2, 0) is 6.42 Å². The van der Waals surface area contributed by atoms with E-state index < -0.39 is 0 Å². The highest BCUT2D eigenvalue weighted by molar-refractivity contribution is 5.19. The Morgan fingerprint density at radius 1 is 0.688 bits per heavy atom. The van der Waals surface area contributed by atoms with Crippen LogP contribution < -0.4 is 4.74 Å². The van der Waals surface area contributed by atoms with Crippen molar-refractivity contribution in [3.63, 3.8) is 0 Å². The highest BCUT2D eigenvalue weighted by Crippen LogP contribution is 2.38. The molecule has 0 bridgehead atoms. The van der Waals surface area contributed by atoms with Gasteiger partial charge in [-0.2, -0.15) is 0 Å². The number of ether oxygens (including phenoxy) is 1. The second kappa shape index (κ2) is 15.0. The van der Waals surface area contributed by atoms with E-state index in [1.807, 2.05) is 6.20 Å². The van der Waals surface area contributed by atoms with E-state index in [0.29, 0.717) is 0 Å². The molecule has 0 radical (unpaired) electrons. The summed E-state index contributed by atoms with van der Waals surface area (Å²) < 4.78 is 5.83.